The predicted octanol–water partition coefficient (Wildman–Crippen LogP) is 2.73. The molecule has 0 radical (unpaired) electrons. The predicted molar refractivity (Wildman–Crippen MR) is 83.0 cm³/mol. The number of benzene rings is 1. The molecular weight excluding hydrogens is 266 g/mol. The van der Waals surface area contributed by atoms with Gasteiger partial charge < -0.3 is 9.64 Å². The molecule has 0 aliphatic rings. The lowest BCUT2D eigenvalue weighted by molar-refractivity contribution is -0.150. The van der Waals surface area contributed by atoms with Crippen LogP contribution in [-0.2, 0) is 20.7 Å². The molecular formula is C17H25NO3. The van der Waals surface area contributed by atoms with E-state index in [4.69, 9.17) is 4.74 Å². The van der Waals surface area contributed by atoms with Gasteiger partial charge in [-0.15, -0.1) is 0 Å². The van der Waals surface area contributed by atoms with Crippen LogP contribution in [-0.4, -0.2) is 36.0 Å². The van der Waals surface area contributed by atoms with Crippen LogP contribution in [0.3, 0.4) is 0 Å². The number of ether oxygens (including phenoxy) is 1. The first-order valence-electron chi connectivity index (χ1n) is 7.44. The summed E-state index contributed by atoms with van der Waals surface area (Å²) in [6.45, 7) is 7.97. The van der Waals surface area contributed by atoms with Crippen molar-refractivity contribution in [2.24, 2.45) is 0 Å². The lowest BCUT2D eigenvalue weighted by atomic mass is 10.1. The lowest BCUT2D eigenvalue weighted by Gasteiger charge is -2.25. The average molecular weight is 291 g/mol. The summed E-state index contributed by atoms with van der Waals surface area (Å²) in [6.07, 6.45) is 1.09. The fourth-order valence-corrected chi connectivity index (χ4v) is 2.05. The summed E-state index contributed by atoms with van der Waals surface area (Å²) < 4.78 is 4.92. The third-order valence-corrected chi connectivity index (χ3v) is 3.30. The summed E-state index contributed by atoms with van der Waals surface area (Å²) >= 11 is 0. The molecule has 0 aliphatic heterocycles. The Morgan fingerprint density at radius 2 is 1.81 bits per heavy atom. The van der Waals surface area contributed by atoms with Crippen LogP contribution in [0.25, 0.3) is 0 Å². The smallest absolute Gasteiger partial charge is 0.325 e. The van der Waals surface area contributed by atoms with Gasteiger partial charge in [-0.2, -0.15) is 0 Å². The minimum atomic E-state index is -0.352. The van der Waals surface area contributed by atoms with Gasteiger partial charge in [0.15, 0.2) is 0 Å². The highest BCUT2D eigenvalue weighted by Crippen LogP contribution is 2.09. The zero-order valence-corrected chi connectivity index (χ0v) is 13.4. The molecule has 4 nitrogen and oxygen atoms in total. The molecule has 0 atom stereocenters. The Balaban J connectivity index is 2.56. The first-order valence-corrected chi connectivity index (χ1v) is 7.44. The van der Waals surface area contributed by atoms with Crippen molar-refractivity contribution in [3.8, 4) is 0 Å². The van der Waals surface area contributed by atoms with Gasteiger partial charge in [-0.1, -0.05) is 29.8 Å². The second kappa shape index (κ2) is 8.45. The number of aryl methyl sites for hydroxylation is 2. The molecule has 0 unspecified atom stereocenters. The molecule has 1 aromatic carbocycles. The van der Waals surface area contributed by atoms with Crippen LogP contribution in [0.15, 0.2) is 24.3 Å². The number of hydrogen-bond donors (Lipinski definition) is 0. The van der Waals surface area contributed by atoms with Crippen LogP contribution in [0.4, 0.5) is 0 Å². The third kappa shape index (κ3) is 5.98. The Kier molecular flexibility index (Phi) is 6.92. The standard InChI is InChI=1S/C17H25NO3/c1-5-21-17(20)12-18(13(2)3)16(19)11-10-15-8-6-14(4)7-9-15/h6-9,13H,5,10-12H2,1-4H3. The Morgan fingerprint density at radius 3 is 2.33 bits per heavy atom. The van der Waals surface area contributed by atoms with Crippen molar-refractivity contribution in [2.75, 3.05) is 13.2 Å². The normalized spacial score (nSPS) is 10.5. The van der Waals surface area contributed by atoms with E-state index < -0.39 is 0 Å². The van der Waals surface area contributed by atoms with Gasteiger partial charge in [-0.25, -0.2) is 0 Å². The van der Waals surface area contributed by atoms with Gasteiger partial charge in [0, 0.05) is 12.5 Å². The average Bonchev–Trinajstić information content (AvgIpc) is 2.44. The van der Waals surface area contributed by atoms with Crippen LogP contribution in [0.1, 0.15) is 38.3 Å². The minimum absolute atomic E-state index is 0.0140. The van der Waals surface area contributed by atoms with Crippen molar-refractivity contribution in [3.05, 3.63) is 35.4 Å². The van der Waals surface area contributed by atoms with E-state index >= 15 is 0 Å². The highest BCUT2D eigenvalue weighted by atomic mass is 16.5. The lowest BCUT2D eigenvalue weighted by Crippen LogP contribution is -2.41. The van der Waals surface area contributed by atoms with Crippen LogP contribution in [0.5, 0.6) is 0 Å². The molecule has 1 amide bonds. The molecule has 0 fully saturated rings. The molecule has 0 heterocycles. The van der Waals surface area contributed by atoms with Gasteiger partial charge >= 0.3 is 5.97 Å². The van der Waals surface area contributed by atoms with E-state index in [1.165, 1.54) is 5.56 Å². The number of carbonyl (C=O) groups is 2. The number of nitrogens with zero attached hydrogens (tertiary/aromatic N) is 1. The SMILES string of the molecule is CCOC(=O)CN(C(=O)CCc1ccc(C)cc1)C(C)C. The second-order valence-corrected chi connectivity index (χ2v) is 5.41. The molecule has 1 rings (SSSR count). The Labute approximate surface area is 127 Å². The van der Waals surface area contributed by atoms with Crippen molar-refractivity contribution in [3.63, 3.8) is 0 Å². The van der Waals surface area contributed by atoms with Gasteiger partial charge in [0.2, 0.25) is 5.91 Å². The summed E-state index contributed by atoms with van der Waals surface area (Å²) in [6, 6.07) is 8.14. The van der Waals surface area contributed by atoms with E-state index in [1.54, 1.807) is 11.8 Å². The Morgan fingerprint density at radius 1 is 1.19 bits per heavy atom. The second-order valence-electron chi connectivity index (χ2n) is 5.41. The highest BCUT2D eigenvalue weighted by molar-refractivity contribution is 5.82. The molecule has 0 N–H and O–H groups in total. The number of carbonyl (C=O) groups excluding carboxylic acids is 2. The number of hydrogen-bond acceptors (Lipinski definition) is 3. The Bertz CT molecular complexity index is 465. The Hall–Kier alpha value is -1.84. The molecule has 0 saturated carbocycles. The summed E-state index contributed by atoms with van der Waals surface area (Å²) in [5, 5.41) is 0. The zero-order chi connectivity index (χ0) is 15.8. The van der Waals surface area contributed by atoms with Crippen molar-refractivity contribution >= 4 is 11.9 Å². The van der Waals surface area contributed by atoms with Crippen molar-refractivity contribution < 1.29 is 14.3 Å². The van der Waals surface area contributed by atoms with Crippen molar-refractivity contribution in [2.45, 2.75) is 46.6 Å². The van der Waals surface area contributed by atoms with Gasteiger partial charge in [0.1, 0.15) is 6.54 Å². The van der Waals surface area contributed by atoms with E-state index in [2.05, 4.69) is 0 Å². The van der Waals surface area contributed by atoms with Gasteiger partial charge in [-0.3, -0.25) is 9.59 Å². The number of rotatable bonds is 7. The molecule has 116 valence electrons. The van der Waals surface area contributed by atoms with Gasteiger partial charge in [0.05, 0.1) is 6.61 Å². The number of esters is 1. The maximum atomic E-state index is 12.3. The van der Waals surface area contributed by atoms with E-state index in [1.807, 2.05) is 45.0 Å². The van der Waals surface area contributed by atoms with E-state index in [0.717, 1.165) is 5.56 Å². The number of amides is 1. The zero-order valence-electron chi connectivity index (χ0n) is 13.4. The summed E-state index contributed by atoms with van der Waals surface area (Å²) in [4.78, 5) is 25.4. The summed E-state index contributed by atoms with van der Waals surface area (Å²) in [5.41, 5.74) is 2.34. The molecule has 0 aromatic heterocycles. The molecule has 4 heteroatoms. The summed E-state index contributed by atoms with van der Waals surface area (Å²) in [7, 11) is 0. The van der Waals surface area contributed by atoms with E-state index in [9.17, 15) is 9.59 Å². The molecule has 0 saturated heterocycles. The van der Waals surface area contributed by atoms with Crippen LogP contribution >= 0.6 is 0 Å². The maximum absolute atomic E-state index is 12.3. The molecule has 0 spiro atoms. The molecule has 0 aliphatic carbocycles. The third-order valence-electron chi connectivity index (χ3n) is 3.30. The topological polar surface area (TPSA) is 46.6 Å². The van der Waals surface area contributed by atoms with Crippen LogP contribution < -0.4 is 0 Å². The molecule has 0 bridgehead atoms. The largest absolute Gasteiger partial charge is 0.465 e. The van der Waals surface area contributed by atoms with E-state index in [-0.39, 0.29) is 24.5 Å². The van der Waals surface area contributed by atoms with Crippen molar-refractivity contribution in [1.82, 2.24) is 4.90 Å². The molecule has 21 heavy (non-hydrogen) atoms. The molecule has 1 aromatic rings. The van der Waals surface area contributed by atoms with Crippen molar-refractivity contribution in [1.29, 1.82) is 0 Å². The minimum Gasteiger partial charge on any atom is -0.465 e. The fraction of sp³-hybridized carbons (Fsp3) is 0.529. The quantitative estimate of drug-likeness (QED) is 0.726. The highest BCUT2D eigenvalue weighted by Gasteiger charge is 2.20. The van der Waals surface area contributed by atoms with Gasteiger partial charge in [0.25, 0.3) is 0 Å². The fourth-order valence-electron chi connectivity index (χ4n) is 2.05. The first-order chi connectivity index (χ1) is 9.93. The van der Waals surface area contributed by atoms with Gasteiger partial charge in [-0.05, 0) is 39.7 Å². The van der Waals surface area contributed by atoms with E-state index in [0.29, 0.717) is 19.4 Å². The van der Waals surface area contributed by atoms with Crippen LogP contribution in [0, 0.1) is 6.92 Å². The first kappa shape index (κ1) is 17.2. The maximum Gasteiger partial charge on any atom is 0.325 e. The monoisotopic (exact) mass is 291 g/mol. The summed E-state index contributed by atoms with van der Waals surface area (Å²) in [5.74, 6) is -0.367. The van der Waals surface area contributed by atoms with Crippen LogP contribution in [0.2, 0.25) is 0 Å².